The summed E-state index contributed by atoms with van der Waals surface area (Å²) in [6, 6.07) is 4.22. The lowest BCUT2D eigenvalue weighted by Crippen LogP contribution is -2.51. The van der Waals surface area contributed by atoms with Crippen LogP contribution < -0.4 is 20.1 Å². The molecule has 0 spiro atoms. The first-order chi connectivity index (χ1) is 12.0. The molecule has 1 aromatic carbocycles. The largest absolute Gasteiger partial charge is 0.493 e. The Morgan fingerprint density at radius 1 is 1.24 bits per heavy atom. The lowest BCUT2D eigenvalue weighted by molar-refractivity contribution is -0.148. The molecule has 0 bridgehead atoms. The first-order valence-corrected chi connectivity index (χ1v) is 8.16. The number of urea groups is 1. The SMILES string of the molecule is C=C1NC(=O)N[C@H](c2ccc(OC)c(OC)c2)[C@H]1C(=O)OCCCC. The summed E-state index contributed by atoms with van der Waals surface area (Å²) in [5, 5.41) is 5.32. The Labute approximate surface area is 147 Å². The second kappa shape index (κ2) is 8.41. The zero-order valence-corrected chi connectivity index (χ0v) is 14.8. The summed E-state index contributed by atoms with van der Waals surface area (Å²) in [4.78, 5) is 24.4. The molecule has 2 rings (SSSR count). The van der Waals surface area contributed by atoms with Crippen LogP contribution in [0.4, 0.5) is 4.79 Å². The Morgan fingerprint density at radius 2 is 1.96 bits per heavy atom. The van der Waals surface area contributed by atoms with Gasteiger partial charge in [0.1, 0.15) is 5.92 Å². The third-order valence-corrected chi connectivity index (χ3v) is 4.03. The normalized spacial score (nSPS) is 19.6. The van der Waals surface area contributed by atoms with Crippen LogP contribution in [0.1, 0.15) is 31.4 Å². The van der Waals surface area contributed by atoms with Gasteiger partial charge in [0.25, 0.3) is 0 Å². The van der Waals surface area contributed by atoms with E-state index in [0.717, 1.165) is 12.8 Å². The zero-order valence-electron chi connectivity index (χ0n) is 14.8. The fraction of sp³-hybridized carbons (Fsp3) is 0.444. The monoisotopic (exact) mass is 348 g/mol. The lowest BCUT2D eigenvalue weighted by atomic mass is 9.89. The molecule has 25 heavy (non-hydrogen) atoms. The minimum atomic E-state index is -0.729. The van der Waals surface area contributed by atoms with Crippen molar-refractivity contribution in [2.24, 2.45) is 5.92 Å². The predicted molar refractivity (Wildman–Crippen MR) is 92.5 cm³/mol. The van der Waals surface area contributed by atoms with Crippen molar-refractivity contribution in [3.05, 3.63) is 36.0 Å². The van der Waals surface area contributed by atoms with Crippen molar-refractivity contribution in [1.82, 2.24) is 10.6 Å². The number of carbonyl (C=O) groups excluding carboxylic acids is 2. The van der Waals surface area contributed by atoms with E-state index in [1.807, 2.05) is 6.92 Å². The van der Waals surface area contributed by atoms with Crippen molar-refractivity contribution in [2.75, 3.05) is 20.8 Å². The summed E-state index contributed by atoms with van der Waals surface area (Å²) in [5.41, 5.74) is 1.01. The highest BCUT2D eigenvalue weighted by molar-refractivity contribution is 5.85. The van der Waals surface area contributed by atoms with Gasteiger partial charge in [-0.05, 0) is 24.1 Å². The number of rotatable bonds is 7. The smallest absolute Gasteiger partial charge is 0.319 e. The average molecular weight is 348 g/mol. The molecule has 2 atom stereocenters. The van der Waals surface area contributed by atoms with Crippen molar-refractivity contribution in [3.8, 4) is 11.5 Å². The van der Waals surface area contributed by atoms with Gasteiger partial charge in [-0.3, -0.25) is 4.79 Å². The number of ether oxygens (including phenoxy) is 3. The first kappa shape index (κ1) is 18.6. The van der Waals surface area contributed by atoms with Gasteiger partial charge in [0.2, 0.25) is 0 Å². The van der Waals surface area contributed by atoms with Crippen molar-refractivity contribution < 1.29 is 23.8 Å². The summed E-state index contributed by atoms with van der Waals surface area (Å²) in [7, 11) is 3.07. The highest BCUT2D eigenvalue weighted by Gasteiger charge is 2.39. The molecular weight excluding hydrogens is 324 g/mol. The molecule has 1 fully saturated rings. The summed E-state index contributed by atoms with van der Waals surface area (Å²) < 4.78 is 15.9. The molecule has 1 heterocycles. The molecular formula is C18H24N2O5. The molecule has 2 amide bonds. The number of benzene rings is 1. The van der Waals surface area contributed by atoms with Crippen molar-refractivity contribution in [1.29, 1.82) is 0 Å². The number of amides is 2. The molecule has 0 aliphatic carbocycles. The van der Waals surface area contributed by atoms with Crippen LogP contribution in [0.25, 0.3) is 0 Å². The maximum Gasteiger partial charge on any atom is 0.319 e. The molecule has 7 heteroatoms. The predicted octanol–water partition coefficient (Wildman–Crippen LogP) is 2.53. The molecule has 1 aliphatic rings. The van der Waals surface area contributed by atoms with E-state index in [1.54, 1.807) is 25.3 Å². The average Bonchev–Trinajstić information content (AvgIpc) is 2.60. The van der Waals surface area contributed by atoms with Crippen LogP contribution in [0, 0.1) is 5.92 Å². The molecule has 1 aromatic rings. The molecule has 136 valence electrons. The van der Waals surface area contributed by atoms with Gasteiger partial charge in [0.05, 0.1) is 26.9 Å². The molecule has 1 saturated heterocycles. The van der Waals surface area contributed by atoms with Crippen LogP contribution in [-0.4, -0.2) is 32.8 Å². The van der Waals surface area contributed by atoms with Crippen LogP contribution in [0.3, 0.4) is 0 Å². The van der Waals surface area contributed by atoms with Gasteiger partial charge >= 0.3 is 12.0 Å². The van der Waals surface area contributed by atoms with Crippen molar-refractivity contribution >= 4 is 12.0 Å². The fourth-order valence-electron chi connectivity index (χ4n) is 2.69. The Bertz CT molecular complexity index is 659. The van der Waals surface area contributed by atoms with Gasteiger partial charge in [-0.1, -0.05) is 26.0 Å². The maximum absolute atomic E-state index is 12.5. The van der Waals surface area contributed by atoms with Gasteiger partial charge in [-0.15, -0.1) is 0 Å². The number of nitrogens with one attached hydrogen (secondary N) is 2. The Morgan fingerprint density at radius 3 is 2.60 bits per heavy atom. The summed E-state index contributed by atoms with van der Waals surface area (Å²) in [6.07, 6.45) is 1.71. The highest BCUT2D eigenvalue weighted by atomic mass is 16.5. The maximum atomic E-state index is 12.5. The van der Waals surface area contributed by atoms with Gasteiger partial charge in [-0.2, -0.15) is 0 Å². The summed E-state index contributed by atoms with van der Waals surface area (Å²) >= 11 is 0. The minimum absolute atomic E-state index is 0.310. The Balaban J connectivity index is 2.31. The number of unbranched alkanes of at least 4 members (excludes halogenated alkanes) is 1. The van der Waals surface area contributed by atoms with Gasteiger partial charge in [-0.25, -0.2) is 4.79 Å². The van der Waals surface area contributed by atoms with Crippen LogP contribution >= 0.6 is 0 Å². The molecule has 0 unspecified atom stereocenters. The van der Waals surface area contributed by atoms with E-state index in [2.05, 4.69) is 17.2 Å². The van der Waals surface area contributed by atoms with E-state index in [-0.39, 0.29) is 0 Å². The molecule has 2 N–H and O–H groups in total. The number of hydrogen-bond acceptors (Lipinski definition) is 5. The molecule has 0 aromatic heterocycles. The van der Waals surface area contributed by atoms with E-state index >= 15 is 0 Å². The molecule has 0 saturated carbocycles. The van der Waals surface area contributed by atoms with Crippen LogP contribution in [-0.2, 0) is 9.53 Å². The molecule has 0 radical (unpaired) electrons. The topological polar surface area (TPSA) is 85.9 Å². The molecule has 7 nitrogen and oxygen atoms in total. The van der Waals surface area contributed by atoms with Gasteiger partial charge in [0, 0.05) is 5.70 Å². The minimum Gasteiger partial charge on any atom is -0.493 e. The second-order valence-electron chi connectivity index (χ2n) is 5.71. The van der Waals surface area contributed by atoms with E-state index < -0.39 is 24.0 Å². The van der Waals surface area contributed by atoms with Gasteiger partial charge < -0.3 is 24.8 Å². The van der Waals surface area contributed by atoms with Crippen molar-refractivity contribution in [2.45, 2.75) is 25.8 Å². The van der Waals surface area contributed by atoms with E-state index in [4.69, 9.17) is 14.2 Å². The van der Waals surface area contributed by atoms with Crippen LogP contribution in [0.5, 0.6) is 11.5 Å². The number of carbonyl (C=O) groups is 2. The number of esters is 1. The standard InChI is InChI=1S/C18H24N2O5/c1-5-6-9-25-17(21)15-11(2)19-18(22)20-16(15)12-7-8-13(23-3)14(10-12)24-4/h7-8,10,15-16H,2,5-6,9H2,1,3-4H3,(H2,19,20,22)/t15-,16+/m0/s1. The zero-order chi connectivity index (χ0) is 18.4. The summed E-state index contributed by atoms with van der Waals surface area (Å²) in [6.45, 7) is 6.17. The third kappa shape index (κ3) is 4.23. The van der Waals surface area contributed by atoms with E-state index in [0.29, 0.717) is 29.4 Å². The summed E-state index contributed by atoms with van der Waals surface area (Å²) in [5.74, 6) is -0.0812. The third-order valence-electron chi connectivity index (χ3n) is 4.03. The molecule has 1 aliphatic heterocycles. The second-order valence-corrected chi connectivity index (χ2v) is 5.71. The highest BCUT2D eigenvalue weighted by Crippen LogP contribution is 2.35. The first-order valence-electron chi connectivity index (χ1n) is 8.16. The fourth-order valence-corrected chi connectivity index (χ4v) is 2.69. The van der Waals surface area contributed by atoms with Crippen LogP contribution in [0.15, 0.2) is 30.5 Å². The van der Waals surface area contributed by atoms with Crippen molar-refractivity contribution in [3.63, 3.8) is 0 Å². The van der Waals surface area contributed by atoms with Gasteiger partial charge in [0.15, 0.2) is 11.5 Å². The van der Waals surface area contributed by atoms with E-state index in [1.165, 1.54) is 7.11 Å². The van der Waals surface area contributed by atoms with E-state index in [9.17, 15) is 9.59 Å². The lowest BCUT2D eigenvalue weighted by Gasteiger charge is -2.33. The number of methoxy groups -OCH3 is 2. The number of hydrogen-bond donors (Lipinski definition) is 2. The van der Waals surface area contributed by atoms with Crippen LogP contribution in [0.2, 0.25) is 0 Å². The Hall–Kier alpha value is -2.70. The quantitative estimate of drug-likeness (QED) is 0.584. The Kier molecular flexibility index (Phi) is 6.27.